The van der Waals surface area contributed by atoms with Crippen molar-refractivity contribution in [3.8, 4) is 22.3 Å². The fourth-order valence-corrected chi connectivity index (χ4v) is 2.75. The summed E-state index contributed by atoms with van der Waals surface area (Å²) in [4.78, 5) is 14.8. The minimum absolute atomic E-state index is 0.0295. The quantitative estimate of drug-likeness (QED) is 0.457. The number of hydrogen-bond acceptors (Lipinski definition) is 5. The molecule has 2 aromatic carbocycles. The molecule has 0 aliphatic heterocycles. The van der Waals surface area contributed by atoms with Gasteiger partial charge in [-0.3, -0.25) is 10.1 Å². The number of nitro benzene ring substituents is 1. The lowest BCUT2D eigenvalue weighted by Gasteiger charge is -2.07. The predicted molar refractivity (Wildman–Crippen MR) is 94.9 cm³/mol. The third kappa shape index (κ3) is 2.47. The Labute approximate surface area is 142 Å². The number of fused-ring (bicyclic) bond motifs is 1. The van der Waals surface area contributed by atoms with Crippen LogP contribution >= 0.6 is 0 Å². The van der Waals surface area contributed by atoms with Gasteiger partial charge in [-0.25, -0.2) is 4.98 Å². The van der Waals surface area contributed by atoms with Crippen LogP contribution in [-0.2, 0) is 0 Å². The molecule has 0 spiro atoms. The Balaban J connectivity index is 1.83. The molecule has 0 saturated carbocycles. The predicted octanol–water partition coefficient (Wildman–Crippen LogP) is 3.55. The van der Waals surface area contributed by atoms with Crippen LogP contribution in [0.2, 0.25) is 0 Å². The van der Waals surface area contributed by atoms with E-state index in [4.69, 9.17) is 5.73 Å². The Bertz CT molecular complexity index is 1070. The fourth-order valence-electron chi connectivity index (χ4n) is 2.75. The van der Waals surface area contributed by atoms with Crippen molar-refractivity contribution >= 4 is 17.2 Å². The number of rotatable bonds is 3. The molecule has 0 radical (unpaired) electrons. The van der Waals surface area contributed by atoms with Crippen molar-refractivity contribution in [1.82, 2.24) is 14.6 Å². The molecule has 7 heteroatoms. The molecular formula is C18H13N5O2. The first-order valence-electron chi connectivity index (χ1n) is 7.57. The normalized spacial score (nSPS) is 10.9. The second-order valence-corrected chi connectivity index (χ2v) is 5.52. The Hall–Kier alpha value is -3.74. The van der Waals surface area contributed by atoms with Crippen molar-refractivity contribution < 1.29 is 4.92 Å². The topological polar surface area (TPSA) is 99.3 Å². The molecule has 2 N–H and O–H groups in total. The van der Waals surface area contributed by atoms with Gasteiger partial charge >= 0.3 is 0 Å². The van der Waals surface area contributed by atoms with Gasteiger partial charge in [0.25, 0.3) is 5.69 Å². The molecule has 7 nitrogen and oxygen atoms in total. The van der Waals surface area contributed by atoms with Crippen LogP contribution in [0.25, 0.3) is 27.9 Å². The maximum Gasteiger partial charge on any atom is 0.269 e. The molecule has 0 atom stereocenters. The minimum atomic E-state index is -0.436. The highest BCUT2D eigenvalue weighted by atomic mass is 16.6. The molecule has 0 aliphatic carbocycles. The average Bonchev–Trinajstić information content (AvgIpc) is 3.08. The van der Waals surface area contributed by atoms with Crippen molar-refractivity contribution in [2.24, 2.45) is 0 Å². The van der Waals surface area contributed by atoms with Crippen LogP contribution in [0.3, 0.4) is 0 Å². The van der Waals surface area contributed by atoms with E-state index >= 15 is 0 Å². The van der Waals surface area contributed by atoms with Gasteiger partial charge < -0.3 is 5.73 Å². The van der Waals surface area contributed by atoms with E-state index in [9.17, 15) is 10.1 Å². The number of nitrogen functional groups attached to an aromatic ring is 1. The van der Waals surface area contributed by atoms with E-state index in [1.165, 1.54) is 12.1 Å². The van der Waals surface area contributed by atoms with E-state index in [2.05, 4.69) is 10.1 Å². The van der Waals surface area contributed by atoms with Crippen LogP contribution in [0.5, 0.6) is 0 Å². The summed E-state index contributed by atoms with van der Waals surface area (Å²) in [5.41, 5.74) is 10.3. The molecule has 0 fully saturated rings. The number of benzene rings is 2. The lowest BCUT2D eigenvalue weighted by molar-refractivity contribution is -0.384. The second-order valence-electron chi connectivity index (χ2n) is 5.52. The smallest absolute Gasteiger partial charge is 0.269 e. The molecule has 0 bridgehead atoms. The van der Waals surface area contributed by atoms with Gasteiger partial charge in [0.05, 0.1) is 11.1 Å². The van der Waals surface area contributed by atoms with Crippen LogP contribution in [0, 0.1) is 10.1 Å². The lowest BCUT2D eigenvalue weighted by Crippen LogP contribution is -2.02. The van der Waals surface area contributed by atoms with Crippen LogP contribution in [0.4, 0.5) is 11.5 Å². The lowest BCUT2D eigenvalue weighted by atomic mass is 10.1. The Morgan fingerprint density at radius 1 is 0.920 bits per heavy atom. The van der Waals surface area contributed by atoms with E-state index in [0.717, 1.165) is 16.7 Å². The number of anilines is 1. The molecule has 25 heavy (non-hydrogen) atoms. The third-order valence-electron chi connectivity index (χ3n) is 4.04. The molecule has 0 amide bonds. The van der Waals surface area contributed by atoms with Crippen molar-refractivity contribution in [2.75, 3.05) is 5.73 Å². The maximum absolute atomic E-state index is 10.8. The van der Waals surface area contributed by atoms with E-state index in [-0.39, 0.29) is 5.69 Å². The molecule has 0 unspecified atom stereocenters. The average molecular weight is 331 g/mol. The molecular weight excluding hydrogens is 318 g/mol. The first-order valence-corrected chi connectivity index (χ1v) is 7.57. The number of nitro groups is 1. The maximum atomic E-state index is 10.8. The van der Waals surface area contributed by atoms with Crippen molar-refractivity contribution in [3.63, 3.8) is 0 Å². The third-order valence-corrected chi connectivity index (χ3v) is 4.04. The Kier molecular flexibility index (Phi) is 3.39. The van der Waals surface area contributed by atoms with Gasteiger partial charge in [0, 0.05) is 29.5 Å². The summed E-state index contributed by atoms with van der Waals surface area (Å²) in [6.07, 6.45) is 3.40. The molecule has 0 saturated heterocycles. The van der Waals surface area contributed by atoms with E-state index in [1.54, 1.807) is 29.0 Å². The van der Waals surface area contributed by atoms with Crippen molar-refractivity contribution in [2.45, 2.75) is 0 Å². The zero-order valence-electron chi connectivity index (χ0n) is 13.0. The number of aromatic nitrogens is 3. The first-order chi connectivity index (χ1) is 12.1. The Morgan fingerprint density at radius 3 is 2.28 bits per heavy atom. The highest BCUT2D eigenvalue weighted by Gasteiger charge is 2.14. The van der Waals surface area contributed by atoms with E-state index in [0.29, 0.717) is 17.0 Å². The van der Waals surface area contributed by atoms with Crippen LogP contribution in [-0.4, -0.2) is 19.5 Å². The largest absolute Gasteiger partial charge is 0.383 e. The summed E-state index contributed by atoms with van der Waals surface area (Å²) >= 11 is 0. The van der Waals surface area contributed by atoms with Gasteiger partial charge in [0.15, 0.2) is 5.65 Å². The van der Waals surface area contributed by atoms with Crippen LogP contribution in [0.15, 0.2) is 67.0 Å². The van der Waals surface area contributed by atoms with Gasteiger partial charge in [-0.15, -0.1) is 0 Å². The van der Waals surface area contributed by atoms with E-state index in [1.807, 2.05) is 30.3 Å². The zero-order chi connectivity index (χ0) is 17.4. The number of nitrogens with zero attached hydrogens (tertiary/aromatic N) is 4. The molecule has 122 valence electrons. The summed E-state index contributed by atoms with van der Waals surface area (Å²) < 4.78 is 1.58. The summed E-state index contributed by atoms with van der Waals surface area (Å²) in [6.45, 7) is 0. The number of nitrogens with two attached hydrogens (primary N) is 1. The number of hydrogen-bond donors (Lipinski definition) is 1. The molecule has 0 aliphatic rings. The Morgan fingerprint density at radius 2 is 1.60 bits per heavy atom. The molecule has 2 aromatic heterocycles. The van der Waals surface area contributed by atoms with Gasteiger partial charge in [0.2, 0.25) is 0 Å². The van der Waals surface area contributed by atoms with Crippen molar-refractivity contribution in [3.05, 3.63) is 77.1 Å². The molecule has 4 rings (SSSR count). The van der Waals surface area contributed by atoms with Gasteiger partial charge in [0.1, 0.15) is 5.82 Å². The van der Waals surface area contributed by atoms with Crippen molar-refractivity contribution in [1.29, 1.82) is 0 Å². The zero-order valence-corrected chi connectivity index (χ0v) is 13.0. The summed E-state index contributed by atoms with van der Waals surface area (Å²) in [5, 5.41) is 15.1. The second kappa shape index (κ2) is 5.72. The summed E-state index contributed by atoms with van der Waals surface area (Å²) in [7, 11) is 0. The highest BCUT2D eigenvalue weighted by Crippen LogP contribution is 2.30. The monoisotopic (exact) mass is 331 g/mol. The summed E-state index contributed by atoms with van der Waals surface area (Å²) in [6, 6.07) is 16.0. The van der Waals surface area contributed by atoms with Gasteiger partial charge in [-0.05, 0) is 23.3 Å². The number of non-ortho nitro benzene ring substituents is 1. The summed E-state index contributed by atoms with van der Waals surface area (Å²) in [5.74, 6) is 0.432. The first kappa shape index (κ1) is 14.8. The molecule has 2 heterocycles. The van der Waals surface area contributed by atoms with Crippen LogP contribution < -0.4 is 5.73 Å². The molecule has 4 aromatic rings. The van der Waals surface area contributed by atoms with Gasteiger partial charge in [-0.2, -0.15) is 9.61 Å². The minimum Gasteiger partial charge on any atom is -0.383 e. The highest BCUT2D eigenvalue weighted by molar-refractivity contribution is 5.82. The standard InChI is InChI=1S/C18H13N5O2/c19-17-15(13-6-8-14(9-7-13)23(24)25)10-20-18-16(11-21-22(17)18)12-4-2-1-3-5-12/h1-11H,19H2. The van der Waals surface area contributed by atoms with Crippen LogP contribution in [0.1, 0.15) is 0 Å². The van der Waals surface area contributed by atoms with Gasteiger partial charge in [-0.1, -0.05) is 30.3 Å². The van der Waals surface area contributed by atoms with E-state index < -0.39 is 4.92 Å². The SMILES string of the molecule is Nc1c(-c2ccc([N+](=O)[O-])cc2)cnc2c(-c3ccccc3)cnn12. The fraction of sp³-hybridized carbons (Fsp3) is 0.